The number of nitrogens with zero attached hydrogens (tertiary/aromatic N) is 2. The Hall–Kier alpha value is -2.56. The lowest BCUT2D eigenvalue weighted by Crippen LogP contribution is -2.43. The lowest BCUT2D eigenvalue weighted by atomic mass is 9.98. The molecule has 0 spiro atoms. The SMILES string of the molecule is CCC1CCN(C(CC)c2ccc(-c3ccc(=O)n(C)c3)cc2)C(=O)O1. The van der Waals surface area contributed by atoms with Gasteiger partial charge in [0.05, 0.1) is 6.04 Å². The van der Waals surface area contributed by atoms with Crippen LogP contribution in [-0.4, -0.2) is 28.2 Å². The Labute approximate surface area is 154 Å². The summed E-state index contributed by atoms with van der Waals surface area (Å²) in [6, 6.07) is 11.6. The molecule has 1 saturated heterocycles. The molecule has 1 amide bonds. The summed E-state index contributed by atoms with van der Waals surface area (Å²) in [5.74, 6) is 0. The van der Waals surface area contributed by atoms with E-state index in [1.165, 1.54) is 0 Å². The van der Waals surface area contributed by atoms with E-state index in [1.54, 1.807) is 17.7 Å². The third-order valence-electron chi connectivity index (χ3n) is 5.13. The van der Waals surface area contributed by atoms with Gasteiger partial charge in [0.1, 0.15) is 6.10 Å². The lowest BCUT2D eigenvalue weighted by Gasteiger charge is -2.36. The first-order valence-electron chi connectivity index (χ1n) is 9.27. The molecule has 5 nitrogen and oxygen atoms in total. The Balaban J connectivity index is 1.81. The van der Waals surface area contributed by atoms with Crippen LogP contribution in [0.15, 0.2) is 47.4 Å². The van der Waals surface area contributed by atoms with Crippen molar-refractivity contribution < 1.29 is 9.53 Å². The summed E-state index contributed by atoms with van der Waals surface area (Å²) < 4.78 is 7.10. The number of amides is 1. The summed E-state index contributed by atoms with van der Waals surface area (Å²) in [6.45, 7) is 4.87. The molecule has 0 saturated carbocycles. The van der Waals surface area contributed by atoms with Crippen LogP contribution in [0.2, 0.25) is 0 Å². The van der Waals surface area contributed by atoms with Gasteiger partial charge in [-0.1, -0.05) is 38.1 Å². The molecule has 1 aromatic heterocycles. The summed E-state index contributed by atoms with van der Waals surface area (Å²) in [7, 11) is 1.75. The van der Waals surface area contributed by atoms with Gasteiger partial charge < -0.3 is 14.2 Å². The van der Waals surface area contributed by atoms with Crippen LogP contribution >= 0.6 is 0 Å². The Kier molecular flexibility index (Phi) is 5.45. The highest BCUT2D eigenvalue weighted by atomic mass is 16.6. The maximum atomic E-state index is 12.4. The largest absolute Gasteiger partial charge is 0.446 e. The zero-order valence-corrected chi connectivity index (χ0v) is 15.6. The molecule has 1 aliphatic heterocycles. The van der Waals surface area contributed by atoms with E-state index in [2.05, 4.69) is 19.1 Å². The average Bonchev–Trinajstić information content (AvgIpc) is 2.66. The van der Waals surface area contributed by atoms with E-state index in [4.69, 9.17) is 4.74 Å². The third kappa shape index (κ3) is 3.66. The second kappa shape index (κ2) is 7.77. The number of benzene rings is 1. The number of hydrogen-bond acceptors (Lipinski definition) is 3. The van der Waals surface area contributed by atoms with E-state index < -0.39 is 0 Å². The van der Waals surface area contributed by atoms with Crippen LogP contribution in [0.4, 0.5) is 4.79 Å². The molecule has 5 heteroatoms. The summed E-state index contributed by atoms with van der Waals surface area (Å²) in [5.41, 5.74) is 3.12. The average molecular weight is 354 g/mol. The van der Waals surface area contributed by atoms with Gasteiger partial charge in [0, 0.05) is 32.3 Å². The number of aromatic nitrogens is 1. The van der Waals surface area contributed by atoms with Crippen LogP contribution in [0, 0.1) is 0 Å². The normalized spacial score (nSPS) is 18.5. The molecule has 138 valence electrons. The Morgan fingerprint density at radius 2 is 1.77 bits per heavy atom. The van der Waals surface area contributed by atoms with Gasteiger partial charge in [0.2, 0.25) is 5.56 Å². The minimum absolute atomic E-state index is 0.0227. The highest BCUT2D eigenvalue weighted by Crippen LogP contribution is 2.30. The highest BCUT2D eigenvalue weighted by molar-refractivity contribution is 5.69. The van der Waals surface area contributed by atoms with E-state index in [-0.39, 0.29) is 23.8 Å². The first kappa shape index (κ1) is 18.2. The molecule has 0 bridgehead atoms. The summed E-state index contributed by atoms with van der Waals surface area (Å²) in [4.78, 5) is 25.8. The zero-order chi connectivity index (χ0) is 18.7. The van der Waals surface area contributed by atoms with Gasteiger partial charge in [0.25, 0.3) is 0 Å². The van der Waals surface area contributed by atoms with Gasteiger partial charge >= 0.3 is 6.09 Å². The smallest absolute Gasteiger partial charge is 0.410 e. The molecule has 0 N–H and O–H groups in total. The van der Waals surface area contributed by atoms with E-state index in [0.717, 1.165) is 42.5 Å². The molecule has 1 aliphatic rings. The molecule has 1 aromatic carbocycles. The van der Waals surface area contributed by atoms with E-state index >= 15 is 0 Å². The Bertz CT molecular complexity index is 826. The van der Waals surface area contributed by atoms with Crippen molar-refractivity contribution in [1.82, 2.24) is 9.47 Å². The number of aryl methyl sites for hydroxylation is 1. The number of hydrogen-bond donors (Lipinski definition) is 0. The number of rotatable bonds is 5. The van der Waals surface area contributed by atoms with E-state index in [9.17, 15) is 9.59 Å². The highest BCUT2D eigenvalue weighted by Gasteiger charge is 2.31. The van der Waals surface area contributed by atoms with E-state index in [0.29, 0.717) is 0 Å². The van der Waals surface area contributed by atoms with Gasteiger partial charge in [-0.25, -0.2) is 4.79 Å². The van der Waals surface area contributed by atoms with Crippen LogP contribution in [0.3, 0.4) is 0 Å². The zero-order valence-electron chi connectivity index (χ0n) is 15.6. The first-order chi connectivity index (χ1) is 12.5. The molecule has 2 atom stereocenters. The van der Waals surface area contributed by atoms with Crippen molar-refractivity contribution >= 4 is 6.09 Å². The van der Waals surface area contributed by atoms with E-state index in [1.807, 2.05) is 36.2 Å². The van der Waals surface area contributed by atoms with Crippen molar-refractivity contribution in [2.24, 2.45) is 7.05 Å². The third-order valence-corrected chi connectivity index (χ3v) is 5.13. The Morgan fingerprint density at radius 3 is 2.35 bits per heavy atom. The van der Waals surface area contributed by atoms with Crippen molar-refractivity contribution in [3.8, 4) is 11.1 Å². The van der Waals surface area contributed by atoms with Crippen LogP contribution < -0.4 is 5.56 Å². The second-order valence-corrected chi connectivity index (χ2v) is 6.81. The fourth-order valence-corrected chi connectivity index (χ4v) is 3.51. The fourth-order valence-electron chi connectivity index (χ4n) is 3.51. The van der Waals surface area contributed by atoms with Gasteiger partial charge in [-0.15, -0.1) is 0 Å². The minimum Gasteiger partial charge on any atom is -0.446 e. The molecule has 3 rings (SSSR count). The van der Waals surface area contributed by atoms with Crippen molar-refractivity contribution in [1.29, 1.82) is 0 Å². The summed E-state index contributed by atoms with van der Waals surface area (Å²) in [6.07, 6.45) is 4.26. The van der Waals surface area contributed by atoms with Crippen molar-refractivity contribution in [3.63, 3.8) is 0 Å². The van der Waals surface area contributed by atoms with Crippen molar-refractivity contribution in [2.45, 2.75) is 45.3 Å². The lowest BCUT2D eigenvalue weighted by molar-refractivity contribution is 0.00885. The molecular weight excluding hydrogens is 328 g/mol. The summed E-state index contributed by atoms with van der Waals surface area (Å²) in [5, 5.41) is 0. The quantitative estimate of drug-likeness (QED) is 0.811. The fraction of sp³-hybridized carbons (Fsp3) is 0.429. The van der Waals surface area contributed by atoms with Crippen LogP contribution in [-0.2, 0) is 11.8 Å². The van der Waals surface area contributed by atoms with Gasteiger partial charge in [-0.05, 0) is 35.6 Å². The molecular formula is C21H26N2O3. The molecule has 2 heterocycles. The van der Waals surface area contributed by atoms with Crippen LogP contribution in [0.1, 0.15) is 44.7 Å². The maximum absolute atomic E-state index is 12.4. The summed E-state index contributed by atoms with van der Waals surface area (Å²) >= 11 is 0. The van der Waals surface area contributed by atoms with Crippen molar-refractivity contribution in [2.75, 3.05) is 6.54 Å². The minimum atomic E-state index is -0.211. The Morgan fingerprint density at radius 1 is 1.08 bits per heavy atom. The van der Waals surface area contributed by atoms with Crippen LogP contribution in [0.25, 0.3) is 11.1 Å². The predicted molar refractivity (Wildman–Crippen MR) is 102 cm³/mol. The number of ether oxygens (including phenoxy) is 1. The topological polar surface area (TPSA) is 51.5 Å². The number of cyclic esters (lactones) is 1. The number of carbonyl (C=O) groups is 1. The van der Waals surface area contributed by atoms with Crippen molar-refractivity contribution in [3.05, 3.63) is 58.5 Å². The van der Waals surface area contributed by atoms with Crippen LogP contribution in [0.5, 0.6) is 0 Å². The molecule has 2 unspecified atom stereocenters. The molecule has 2 aromatic rings. The van der Waals surface area contributed by atoms with Gasteiger partial charge in [0.15, 0.2) is 0 Å². The van der Waals surface area contributed by atoms with Gasteiger partial charge in [-0.2, -0.15) is 0 Å². The number of carbonyl (C=O) groups excluding carboxylic acids is 1. The molecule has 1 fully saturated rings. The standard InChI is InChI=1S/C21H26N2O3/c1-4-18-12-13-23(21(25)26-18)19(5-2)16-8-6-15(7-9-16)17-10-11-20(24)22(3)14-17/h6-11,14,18-19H,4-5,12-13H2,1-3H3. The molecule has 26 heavy (non-hydrogen) atoms. The maximum Gasteiger partial charge on any atom is 0.410 e. The number of pyridine rings is 1. The van der Waals surface area contributed by atoms with Gasteiger partial charge in [-0.3, -0.25) is 4.79 Å². The molecule has 0 aliphatic carbocycles. The first-order valence-corrected chi connectivity index (χ1v) is 9.27. The molecule has 0 radical (unpaired) electrons. The second-order valence-electron chi connectivity index (χ2n) is 6.81. The predicted octanol–water partition coefficient (Wildman–Crippen LogP) is 4.12. The monoisotopic (exact) mass is 354 g/mol.